The molecule has 0 rings (SSSR count). The molecule has 0 aromatic rings. The Balaban J connectivity index is 3.58. The highest BCUT2D eigenvalue weighted by molar-refractivity contribution is 5.81. The minimum absolute atomic E-state index is 0.514. The van der Waals surface area contributed by atoms with E-state index in [1.165, 1.54) is 0 Å². The molecule has 3 nitrogen and oxygen atoms in total. The molecule has 0 aliphatic rings. The normalized spacial score (nSPS) is 8.67. The van der Waals surface area contributed by atoms with Crippen LogP contribution in [0.25, 0.3) is 0 Å². The van der Waals surface area contributed by atoms with Crippen LogP contribution in [0.5, 0.6) is 0 Å². The van der Waals surface area contributed by atoms with Gasteiger partial charge in [0.05, 0.1) is 0 Å². The molecular weight excluding hydrogens is 120 g/mol. The number of rotatable bonds is 3. The Morgan fingerprint density at radius 1 is 1.44 bits per heavy atom. The van der Waals surface area contributed by atoms with E-state index in [9.17, 15) is 4.79 Å². The molecule has 9 heavy (non-hydrogen) atoms. The summed E-state index contributed by atoms with van der Waals surface area (Å²) in [5.41, 5.74) is 0. The second-order valence-corrected chi connectivity index (χ2v) is 1.17. The highest BCUT2D eigenvalue weighted by Gasteiger charge is 2.03. The fraction of sp³-hybridized carbons (Fsp3) is 0. The van der Waals surface area contributed by atoms with Crippen LogP contribution in [0.15, 0.2) is 25.3 Å². The quantitative estimate of drug-likeness (QED) is 0.449. The Hall–Kier alpha value is -1.09. The maximum Gasteiger partial charge on any atom is 0.333 e. The predicted molar refractivity (Wildman–Crippen MR) is 31.7 cm³/mol. The Morgan fingerprint density at radius 2 is 2.00 bits per heavy atom. The van der Waals surface area contributed by atoms with Crippen molar-refractivity contribution in [1.82, 2.24) is 0 Å². The van der Waals surface area contributed by atoms with Crippen LogP contribution in [-0.2, 0) is 9.53 Å². The molecule has 0 spiro atoms. The summed E-state index contributed by atoms with van der Waals surface area (Å²) >= 11 is 0. The zero-order valence-electron chi connectivity index (χ0n) is 4.83. The van der Waals surface area contributed by atoms with E-state index in [4.69, 9.17) is 5.11 Å². The number of carbonyl (C=O) groups excluding carboxylic acids is 1. The molecule has 0 atom stereocenters. The number of aliphatic hydroxyl groups excluding tert-OH is 1. The van der Waals surface area contributed by atoms with Crippen molar-refractivity contribution in [2.45, 2.75) is 0 Å². The topological polar surface area (TPSA) is 46.5 Å². The third kappa shape index (κ3) is 3.49. The molecule has 0 fully saturated rings. The summed E-state index contributed by atoms with van der Waals surface area (Å²) in [7, 11) is 0. The number of ether oxygens (including phenoxy) is 1. The molecule has 0 amide bonds. The Bertz CT molecular complexity index is 128. The van der Waals surface area contributed by atoms with Gasteiger partial charge in [-0.25, -0.2) is 4.79 Å². The maximum absolute atomic E-state index is 10.2. The van der Waals surface area contributed by atoms with Crippen molar-refractivity contribution in [2.24, 2.45) is 0 Å². The van der Waals surface area contributed by atoms with E-state index in [1.54, 1.807) is 0 Å². The van der Waals surface area contributed by atoms with Crippen molar-refractivity contribution < 1.29 is 14.6 Å². The number of carbonyl (C=O) groups is 1. The monoisotopic (exact) mass is 127 g/mol. The summed E-state index contributed by atoms with van der Waals surface area (Å²) in [6.45, 7) is 6.26. The van der Waals surface area contributed by atoms with Crippen LogP contribution in [0.4, 0.5) is 0 Å². The van der Waals surface area contributed by atoms with Gasteiger partial charge in [-0.3, -0.25) is 0 Å². The van der Waals surface area contributed by atoms with Gasteiger partial charge < -0.3 is 9.84 Å². The standard InChI is InChI=1S/C6H7O3/c1-3-5(7)9-6(8)4-2/h3-4,7H,1-2H2. The third-order valence-electron chi connectivity index (χ3n) is 0.546. The van der Waals surface area contributed by atoms with Crippen LogP contribution in [0, 0.1) is 6.29 Å². The Kier molecular flexibility index (Phi) is 3.39. The van der Waals surface area contributed by atoms with Crippen LogP contribution in [0.3, 0.4) is 0 Å². The van der Waals surface area contributed by atoms with Crippen LogP contribution < -0.4 is 0 Å². The Morgan fingerprint density at radius 3 is 2.33 bits per heavy atom. The first-order chi connectivity index (χ1) is 4.20. The smallest absolute Gasteiger partial charge is 0.333 e. The van der Waals surface area contributed by atoms with E-state index >= 15 is 0 Å². The van der Waals surface area contributed by atoms with Crippen molar-refractivity contribution in [1.29, 1.82) is 0 Å². The van der Waals surface area contributed by atoms with E-state index in [0.717, 1.165) is 12.2 Å². The van der Waals surface area contributed by atoms with Crippen molar-refractivity contribution >= 4 is 5.97 Å². The lowest BCUT2D eigenvalue weighted by atomic mass is 10.6. The van der Waals surface area contributed by atoms with Gasteiger partial charge in [0.2, 0.25) is 0 Å². The molecule has 3 heteroatoms. The van der Waals surface area contributed by atoms with Crippen molar-refractivity contribution in [2.75, 3.05) is 0 Å². The van der Waals surface area contributed by atoms with E-state index in [0.29, 0.717) is 0 Å². The fourth-order valence-electron chi connectivity index (χ4n) is 0.186. The van der Waals surface area contributed by atoms with Gasteiger partial charge in [-0.05, 0) is 6.08 Å². The van der Waals surface area contributed by atoms with Crippen LogP contribution in [-0.4, -0.2) is 11.1 Å². The first-order valence-electron chi connectivity index (χ1n) is 2.23. The largest absolute Gasteiger partial charge is 0.418 e. The average Bonchev–Trinajstić information content (AvgIpc) is 1.87. The summed E-state index contributed by atoms with van der Waals surface area (Å²) in [4.78, 5) is 10.2. The second kappa shape index (κ2) is 3.86. The van der Waals surface area contributed by atoms with Gasteiger partial charge in [-0.15, -0.1) is 0 Å². The van der Waals surface area contributed by atoms with E-state index in [1.807, 2.05) is 0 Å². The highest BCUT2D eigenvalue weighted by Crippen LogP contribution is 1.96. The van der Waals surface area contributed by atoms with Crippen LogP contribution in [0.2, 0.25) is 0 Å². The molecule has 1 radical (unpaired) electrons. The molecule has 49 valence electrons. The predicted octanol–water partition coefficient (Wildman–Crippen LogP) is 0.764. The van der Waals surface area contributed by atoms with Crippen molar-refractivity contribution in [3.05, 3.63) is 31.6 Å². The molecule has 0 heterocycles. The molecule has 0 aromatic heterocycles. The number of aliphatic hydroxyl groups is 1. The molecule has 0 bridgehead atoms. The van der Waals surface area contributed by atoms with Crippen molar-refractivity contribution in [3.63, 3.8) is 0 Å². The lowest BCUT2D eigenvalue weighted by molar-refractivity contribution is -0.141. The fourth-order valence-corrected chi connectivity index (χ4v) is 0.186. The maximum atomic E-state index is 10.2. The molecule has 0 unspecified atom stereocenters. The minimum Gasteiger partial charge on any atom is -0.418 e. The summed E-state index contributed by atoms with van der Waals surface area (Å²) in [5.74, 6) is -0.701. The van der Waals surface area contributed by atoms with Gasteiger partial charge in [0.25, 0.3) is 0 Å². The SMILES string of the molecule is C=C[C](O)OC(=O)C=C. The number of hydrogen-bond donors (Lipinski definition) is 1. The van der Waals surface area contributed by atoms with E-state index in [2.05, 4.69) is 17.9 Å². The van der Waals surface area contributed by atoms with Crippen LogP contribution in [0.1, 0.15) is 0 Å². The van der Waals surface area contributed by atoms with Gasteiger partial charge in [-0.1, -0.05) is 13.2 Å². The average molecular weight is 127 g/mol. The van der Waals surface area contributed by atoms with Gasteiger partial charge in [0.15, 0.2) is 0 Å². The molecule has 1 N–H and O–H groups in total. The molecule has 0 aliphatic carbocycles. The molecule has 0 aliphatic heterocycles. The summed E-state index contributed by atoms with van der Waals surface area (Å²) in [5, 5.41) is 8.47. The van der Waals surface area contributed by atoms with Gasteiger partial charge in [0.1, 0.15) is 0 Å². The van der Waals surface area contributed by atoms with Gasteiger partial charge >= 0.3 is 12.3 Å². The first kappa shape index (κ1) is 7.91. The number of hydrogen-bond acceptors (Lipinski definition) is 3. The third-order valence-corrected chi connectivity index (χ3v) is 0.546. The second-order valence-electron chi connectivity index (χ2n) is 1.17. The molecular formula is C6H7O3. The van der Waals surface area contributed by atoms with Gasteiger partial charge in [0, 0.05) is 6.08 Å². The van der Waals surface area contributed by atoms with Crippen LogP contribution >= 0.6 is 0 Å². The molecule has 0 aromatic carbocycles. The minimum atomic E-state index is -0.701. The van der Waals surface area contributed by atoms with Crippen molar-refractivity contribution in [3.8, 4) is 0 Å². The molecule has 0 saturated heterocycles. The lowest BCUT2D eigenvalue weighted by Gasteiger charge is -2.00. The van der Waals surface area contributed by atoms with Gasteiger partial charge in [-0.2, -0.15) is 0 Å². The first-order valence-corrected chi connectivity index (χ1v) is 2.23. The summed E-state index contributed by atoms with van der Waals surface area (Å²) < 4.78 is 4.15. The highest BCUT2D eigenvalue weighted by atomic mass is 16.6. The van der Waals surface area contributed by atoms with E-state index < -0.39 is 12.3 Å². The Labute approximate surface area is 53.3 Å². The summed E-state index contributed by atoms with van der Waals surface area (Å²) in [6.07, 6.45) is 1.45. The lowest BCUT2D eigenvalue weighted by Crippen LogP contribution is -2.04. The number of esters is 1. The zero-order chi connectivity index (χ0) is 7.28. The van der Waals surface area contributed by atoms with E-state index in [-0.39, 0.29) is 0 Å². The zero-order valence-corrected chi connectivity index (χ0v) is 4.83. The summed E-state index contributed by atoms with van der Waals surface area (Å²) in [6, 6.07) is 0. The molecule has 0 saturated carbocycles.